The van der Waals surface area contributed by atoms with Crippen molar-refractivity contribution < 1.29 is 14.3 Å². The van der Waals surface area contributed by atoms with Gasteiger partial charge in [-0.3, -0.25) is 9.59 Å². The molecule has 0 aromatic heterocycles. The summed E-state index contributed by atoms with van der Waals surface area (Å²) in [6.07, 6.45) is 2.41. The first kappa shape index (κ1) is 19.0. The summed E-state index contributed by atoms with van der Waals surface area (Å²) in [7, 11) is 0. The van der Waals surface area contributed by atoms with E-state index in [-0.39, 0.29) is 18.4 Å². The van der Waals surface area contributed by atoms with E-state index >= 15 is 0 Å². The number of rotatable bonds is 6. The fourth-order valence-corrected chi connectivity index (χ4v) is 3.69. The molecule has 1 aliphatic heterocycles. The number of benzene rings is 3. The van der Waals surface area contributed by atoms with Crippen molar-refractivity contribution in [2.45, 2.75) is 19.3 Å². The van der Waals surface area contributed by atoms with E-state index in [0.29, 0.717) is 17.9 Å². The van der Waals surface area contributed by atoms with Gasteiger partial charge in [-0.15, -0.1) is 0 Å². The Morgan fingerprint density at radius 2 is 1.69 bits per heavy atom. The Labute approximate surface area is 170 Å². The smallest absolute Gasteiger partial charge is 0.260 e. The molecule has 3 aromatic rings. The maximum absolute atomic E-state index is 12.6. The normalized spacial score (nSPS) is 13.4. The van der Waals surface area contributed by atoms with Crippen LogP contribution in [0.3, 0.4) is 0 Å². The summed E-state index contributed by atoms with van der Waals surface area (Å²) >= 11 is 0. The fourth-order valence-electron chi connectivity index (χ4n) is 3.69. The summed E-state index contributed by atoms with van der Waals surface area (Å²) in [6, 6.07) is 21.2. The van der Waals surface area contributed by atoms with Crippen LogP contribution in [0.25, 0.3) is 10.8 Å². The van der Waals surface area contributed by atoms with Crippen molar-refractivity contribution in [1.82, 2.24) is 4.90 Å². The number of fused-ring (bicyclic) bond motifs is 1. The molecule has 0 spiro atoms. The van der Waals surface area contributed by atoms with Gasteiger partial charge >= 0.3 is 0 Å². The van der Waals surface area contributed by atoms with Crippen LogP contribution in [0.5, 0.6) is 5.75 Å². The molecular formula is C24H24N2O3. The maximum atomic E-state index is 12.6. The Kier molecular flexibility index (Phi) is 5.75. The number of carbonyl (C=O) groups is 2. The van der Waals surface area contributed by atoms with Gasteiger partial charge in [0.05, 0.1) is 6.42 Å². The van der Waals surface area contributed by atoms with Crippen molar-refractivity contribution in [1.29, 1.82) is 0 Å². The zero-order chi connectivity index (χ0) is 20.1. The van der Waals surface area contributed by atoms with Gasteiger partial charge < -0.3 is 15.0 Å². The lowest BCUT2D eigenvalue weighted by Crippen LogP contribution is -2.32. The van der Waals surface area contributed by atoms with Crippen LogP contribution in [0.2, 0.25) is 0 Å². The Balaban J connectivity index is 1.37. The molecule has 5 nitrogen and oxygen atoms in total. The van der Waals surface area contributed by atoms with Crippen molar-refractivity contribution in [3.63, 3.8) is 0 Å². The molecule has 1 saturated heterocycles. The number of amides is 2. The highest BCUT2D eigenvalue weighted by Crippen LogP contribution is 2.21. The summed E-state index contributed by atoms with van der Waals surface area (Å²) < 4.78 is 5.64. The van der Waals surface area contributed by atoms with Crippen LogP contribution in [-0.2, 0) is 16.0 Å². The molecule has 0 saturated carbocycles. The van der Waals surface area contributed by atoms with Gasteiger partial charge in [-0.05, 0) is 41.3 Å². The Hall–Kier alpha value is -3.34. The molecule has 3 aromatic carbocycles. The molecule has 2 amide bonds. The Morgan fingerprint density at radius 3 is 2.55 bits per heavy atom. The van der Waals surface area contributed by atoms with Crippen LogP contribution < -0.4 is 10.1 Å². The molecular weight excluding hydrogens is 364 g/mol. The Bertz CT molecular complexity index is 1020. The maximum Gasteiger partial charge on any atom is 0.260 e. The average Bonchev–Trinajstić information content (AvgIpc) is 3.28. The van der Waals surface area contributed by atoms with Crippen molar-refractivity contribution in [3.05, 3.63) is 72.3 Å². The summed E-state index contributed by atoms with van der Waals surface area (Å²) in [5.74, 6) is 0.486. The van der Waals surface area contributed by atoms with Gasteiger partial charge in [-0.25, -0.2) is 0 Å². The third-order valence-electron chi connectivity index (χ3n) is 5.17. The molecule has 0 bridgehead atoms. The molecule has 29 heavy (non-hydrogen) atoms. The number of carbonyl (C=O) groups excluding carboxylic acids is 2. The molecule has 0 atom stereocenters. The van der Waals surface area contributed by atoms with Crippen LogP contribution in [0.1, 0.15) is 18.4 Å². The van der Waals surface area contributed by atoms with E-state index < -0.39 is 0 Å². The summed E-state index contributed by atoms with van der Waals surface area (Å²) in [4.78, 5) is 26.5. The standard InChI is InChI=1S/C24H24N2O3/c27-23(15-19-9-5-8-18-7-1-2-12-22(18)19)25-20-10-6-11-21(16-20)29-17-24(28)26-13-3-4-14-26/h1-2,5-12,16H,3-4,13-15,17H2,(H,25,27). The summed E-state index contributed by atoms with van der Waals surface area (Å²) in [5, 5.41) is 5.13. The van der Waals surface area contributed by atoms with Gasteiger partial charge in [0, 0.05) is 24.8 Å². The topological polar surface area (TPSA) is 58.6 Å². The highest BCUT2D eigenvalue weighted by atomic mass is 16.5. The zero-order valence-electron chi connectivity index (χ0n) is 16.3. The number of nitrogens with one attached hydrogen (secondary N) is 1. The molecule has 148 valence electrons. The first-order valence-electron chi connectivity index (χ1n) is 9.96. The fraction of sp³-hybridized carbons (Fsp3) is 0.250. The number of ether oxygens (including phenoxy) is 1. The highest BCUT2D eigenvalue weighted by molar-refractivity contribution is 5.96. The minimum Gasteiger partial charge on any atom is -0.484 e. The number of hydrogen-bond donors (Lipinski definition) is 1. The monoisotopic (exact) mass is 388 g/mol. The van der Waals surface area contributed by atoms with Crippen molar-refractivity contribution in [2.24, 2.45) is 0 Å². The highest BCUT2D eigenvalue weighted by Gasteiger charge is 2.18. The first-order valence-corrected chi connectivity index (χ1v) is 9.96. The van der Waals surface area contributed by atoms with Crippen molar-refractivity contribution in [3.8, 4) is 5.75 Å². The Morgan fingerprint density at radius 1 is 0.931 bits per heavy atom. The third-order valence-corrected chi connectivity index (χ3v) is 5.17. The zero-order valence-corrected chi connectivity index (χ0v) is 16.3. The molecule has 1 N–H and O–H groups in total. The van der Waals surface area contributed by atoms with E-state index in [1.807, 2.05) is 59.5 Å². The number of hydrogen-bond acceptors (Lipinski definition) is 3. The second kappa shape index (κ2) is 8.78. The van der Waals surface area contributed by atoms with Gasteiger partial charge in [0.1, 0.15) is 5.75 Å². The minimum absolute atomic E-state index is 0.00731. The number of likely N-dealkylation sites (tertiary alicyclic amines) is 1. The van der Waals surface area contributed by atoms with Crippen LogP contribution >= 0.6 is 0 Å². The van der Waals surface area contributed by atoms with Crippen LogP contribution in [0, 0.1) is 0 Å². The molecule has 0 unspecified atom stereocenters. The van der Waals surface area contributed by atoms with Crippen LogP contribution in [0.15, 0.2) is 66.7 Å². The minimum atomic E-state index is -0.0911. The quantitative estimate of drug-likeness (QED) is 0.694. The van der Waals surface area contributed by atoms with E-state index in [2.05, 4.69) is 5.32 Å². The second-order valence-electron chi connectivity index (χ2n) is 7.27. The molecule has 0 radical (unpaired) electrons. The van der Waals surface area contributed by atoms with Crippen LogP contribution in [-0.4, -0.2) is 36.4 Å². The lowest BCUT2D eigenvalue weighted by molar-refractivity contribution is -0.132. The summed E-state index contributed by atoms with van der Waals surface area (Å²) in [5.41, 5.74) is 1.64. The summed E-state index contributed by atoms with van der Waals surface area (Å²) in [6.45, 7) is 1.65. The van der Waals surface area contributed by atoms with Gasteiger partial charge in [0.25, 0.3) is 5.91 Å². The molecule has 5 heteroatoms. The van der Waals surface area contributed by atoms with Gasteiger partial charge in [-0.2, -0.15) is 0 Å². The van der Waals surface area contributed by atoms with Gasteiger partial charge in [0.15, 0.2) is 6.61 Å². The predicted octanol–water partition coefficient (Wildman–Crippen LogP) is 4.02. The number of anilines is 1. The molecule has 4 rings (SSSR count). The van der Waals surface area contributed by atoms with E-state index in [0.717, 1.165) is 42.3 Å². The van der Waals surface area contributed by atoms with E-state index in [1.54, 1.807) is 12.1 Å². The van der Waals surface area contributed by atoms with E-state index in [9.17, 15) is 9.59 Å². The van der Waals surface area contributed by atoms with Gasteiger partial charge in [0.2, 0.25) is 5.91 Å². The number of nitrogens with zero attached hydrogens (tertiary/aromatic N) is 1. The molecule has 1 aliphatic rings. The van der Waals surface area contributed by atoms with Gasteiger partial charge in [-0.1, -0.05) is 48.5 Å². The average molecular weight is 388 g/mol. The predicted molar refractivity (Wildman–Crippen MR) is 114 cm³/mol. The molecule has 1 fully saturated rings. The first-order chi connectivity index (χ1) is 14.2. The third kappa shape index (κ3) is 4.74. The largest absolute Gasteiger partial charge is 0.484 e. The van der Waals surface area contributed by atoms with E-state index in [1.165, 1.54) is 0 Å². The second-order valence-corrected chi connectivity index (χ2v) is 7.27. The van der Waals surface area contributed by atoms with E-state index in [4.69, 9.17) is 4.74 Å². The lowest BCUT2D eigenvalue weighted by atomic mass is 10.0. The van der Waals surface area contributed by atoms with Crippen molar-refractivity contribution >= 4 is 28.3 Å². The molecule has 1 heterocycles. The lowest BCUT2D eigenvalue weighted by Gasteiger charge is -2.15. The van der Waals surface area contributed by atoms with Crippen molar-refractivity contribution in [2.75, 3.05) is 25.0 Å². The van der Waals surface area contributed by atoms with Crippen LogP contribution in [0.4, 0.5) is 5.69 Å². The molecule has 0 aliphatic carbocycles. The SMILES string of the molecule is O=C(Cc1cccc2ccccc12)Nc1cccc(OCC(=O)N2CCCC2)c1.